The van der Waals surface area contributed by atoms with Crippen LogP contribution in [-0.2, 0) is 4.74 Å². The molecule has 6 heteroatoms. The van der Waals surface area contributed by atoms with E-state index in [1.54, 1.807) is 12.1 Å². The zero-order valence-electron chi connectivity index (χ0n) is 9.55. The van der Waals surface area contributed by atoms with Gasteiger partial charge in [0.25, 0.3) is 0 Å². The Hall–Kier alpha value is -1.18. The molecule has 0 bridgehead atoms. The molecule has 1 fully saturated rings. The second-order valence-corrected chi connectivity index (χ2v) is 4.34. The van der Waals surface area contributed by atoms with Crippen LogP contribution in [0.1, 0.15) is 11.7 Å². The molecular formula is C12H16O6. The van der Waals surface area contributed by atoms with Crippen molar-refractivity contribution in [3.63, 3.8) is 0 Å². The highest BCUT2D eigenvalue weighted by Crippen LogP contribution is 2.33. The molecule has 1 aromatic carbocycles. The minimum Gasteiger partial charge on any atom is -0.508 e. The van der Waals surface area contributed by atoms with Crippen LogP contribution in [0.2, 0.25) is 0 Å². The van der Waals surface area contributed by atoms with Crippen LogP contribution in [0.4, 0.5) is 0 Å². The number of hydrogen-bond acceptors (Lipinski definition) is 6. The Morgan fingerprint density at radius 3 is 2.39 bits per heavy atom. The van der Waals surface area contributed by atoms with Crippen molar-refractivity contribution in [2.24, 2.45) is 0 Å². The molecule has 0 saturated carbocycles. The lowest BCUT2D eigenvalue weighted by Gasteiger charge is -2.40. The first-order valence-electron chi connectivity index (χ1n) is 5.64. The number of ether oxygens (including phenoxy) is 1. The predicted octanol–water partition coefficient (Wildman–Crippen LogP) is -1.09. The van der Waals surface area contributed by atoms with E-state index in [0.717, 1.165) is 0 Å². The third kappa shape index (κ3) is 2.33. The highest BCUT2D eigenvalue weighted by Gasteiger charge is 2.43. The summed E-state index contributed by atoms with van der Waals surface area (Å²) >= 11 is 0. The molecule has 2 rings (SSSR count). The minimum absolute atomic E-state index is 0.00413. The quantitative estimate of drug-likeness (QED) is 0.460. The van der Waals surface area contributed by atoms with E-state index in [1.807, 2.05) is 0 Å². The Morgan fingerprint density at radius 2 is 1.78 bits per heavy atom. The molecule has 0 aliphatic carbocycles. The number of aliphatic hydroxyl groups excluding tert-OH is 4. The van der Waals surface area contributed by atoms with Gasteiger partial charge < -0.3 is 30.3 Å². The van der Waals surface area contributed by atoms with Crippen LogP contribution in [0.15, 0.2) is 24.3 Å². The van der Waals surface area contributed by atoms with Crippen molar-refractivity contribution in [3.8, 4) is 5.75 Å². The van der Waals surface area contributed by atoms with Gasteiger partial charge >= 0.3 is 0 Å². The molecule has 1 aliphatic heterocycles. The lowest BCUT2D eigenvalue weighted by molar-refractivity contribution is -0.231. The van der Waals surface area contributed by atoms with Crippen LogP contribution in [-0.4, -0.2) is 56.6 Å². The minimum atomic E-state index is -1.41. The Bertz CT molecular complexity index is 407. The second kappa shape index (κ2) is 5.21. The Labute approximate surface area is 104 Å². The van der Waals surface area contributed by atoms with E-state index in [4.69, 9.17) is 9.84 Å². The van der Waals surface area contributed by atoms with Gasteiger partial charge in [-0.1, -0.05) is 12.1 Å². The molecule has 100 valence electrons. The number of benzene rings is 1. The summed E-state index contributed by atoms with van der Waals surface area (Å²) < 4.78 is 5.35. The molecule has 1 aliphatic rings. The molecular weight excluding hydrogens is 240 g/mol. The van der Waals surface area contributed by atoms with Crippen molar-refractivity contribution in [2.45, 2.75) is 30.5 Å². The van der Waals surface area contributed by atoms with Gasteiger partial charge in [0.05, 0.1) is 6.61 Å². The average molecular weight is 256 g/mol. The van der Waals surface area contributed by atoms with Crippen molar-refractivity contribution >= 4 is 0 Å². The first-order valence-corrected chi connectivity index (χ1v) is 5.64. The van der Waals surface area contributed by atoms with Crippen molar-refractivity contribution in [1.29, 1.82) is 0 Å². The molecule has 1 aromatic rings. The zero-order chi connectivity index (χ0) is 13.3. The fourth-order valence-corrected chi connectivity index (χ4v) is 2.08. The smallest absolute Gasteiger partial charge is 0.115 e. The summed E-state index contributed by atoms with van der Waals surface area (Å²) in [6, 6.07) is 6.05. The number of hydrogen-bond donors (Lipinski definition) is 5. The van der Waals surface area contributed by atoms with Gasteiger partial charge in [0.15, 0.2) is 0 Å². The van der Waals surface area contributed by atoms with Crippen molar-refractivity contribution in [3.05, 3.63) is 29.8 Å². The highest BCUT2D eigenvalue weighted by molar-refractivity contribution is 5.30. The largest absolute Gasteiger partial charge is 0.508 e. The summed E-state index contributed by atoms with van der Waals surface area (Å²) in [4.78, 5) is 0. The van der Waals surface area contributed by atoms with Gasteiger partial charge in [-0.25, -0.2) is 0 Å². The summed E-state index contributed by atoms with van der Waals surface area (Å²) in [6.07, 6.45) is -5.98. The van der Waals surface area contributed by atoms with Crippen LogP contribution in [0.3, 0.4) is 0 Å². The second-order valence-electron chi connectivity index (χ2n) is 4.34. The van der Waals surface area contributed by atoms with Gasteiger partial charge in [-0.3, -0.25) is 0 Å². The van der Waals surface area contributed by atoms with Crippen molar-refractivity contribution < 1.29 is 30.3 Å². The average Bonchev–Trinajstić information content (AvgIpc) is 2.36. The van der Waals surface area contributed by atoms with Crippen molar-refractivity contribution in [2.75, 3.05) is 6.61 Å². The van der Waals surface area contributed by atoms with Crippen LogP contribution >= 0.6 is 0 Å². The Balaban J connectivity index is 2.27. The third-order valence-corrected chi connectivity index (χ3v) is 3.09. The summed E-state index contributed by atoms with van der Waals surface area (Å²) in [7, 11) is 0. The number of rotatable bonds is 2. The highest BCUT2D eigenvalue weighted by atomic mass is 16.5. The molecule has 5 unspecified atom stereocenters. The van der Waals surface area contributed by atoms with E-state index in [0.29, 0.717) is 5.56 Å². The molecule has 1 heterocycles. The lowest BCUT2D eigenvalue weighted by atomic mass is 9.91. The SMILES string of the molecule is OCC1OC(c2cccc(O)c2)C(O)C(O)C1O. The van der Waals surface area contributed by atoms with E-state index >= 15 is 0 Å². The number of phenolic OH excluding ortho intramolecular Hbond substituents is 1. The van der Waals surface area contributed by atoms with Gasteiger partial charge in [0.2, 0.25) is 0 Å². The van der Waals surface area contributed by atoms with Gasteiger partial charge in [-0.15, -0.1) is 0 Å². The molecule has 0 radical (unpaired) electrons. The van der Waals surface area contributed by atoms with E-state index in [2.05, 4.69) is 0 Å². The number of phenols is 1. The normalized spacial score (nSPS) is 36.6. The summed E-state index contributed by atoms with van der Waals surface area (Å²) in [5.41, 5.74) is 0.465. The topological polar surface area (TPSA) is 110 Å². The van der Waals surface area contributed by atoms with Crippen molar-refractivity contribution in [1.82, 2.24) is 0 Å². The Morgan fingerprint density at radius 1 is 1.06 bits per heavy atom. The molecule has 0 spiro atoms. The summed E-state index contributed by atoms with van der Waals surface area (Å²) in [5.74, 6) is 0.00413. The third-order valence-electron chi connectivity index (χ3n) is 3.09. The fraction of sp³-hybridized carbons (Fsp3) is 0.500. The zero-order valence-corrected chi connectivity index (χ0v) is 9.55. The standard InChI is InChI=1S/C12H16O6/c13-5-8-9(15)10(16)11(17)12(18-8)6-2-1-3-7(14)4-6/h1-4,8-17H,5H2. The van der Waals surface area contributed by atoms with Crippen LogP contribution < -0.4 is 0 Å². The Kier molecular flexibility index (Phi) is 3.84. The molecule has 6 nitrogen and oxygen atoms in total. The molecule has 5 N–H and O–H groups in total. The van der Waals surface area contributed by atoms with Crippen LogP contribution in [0, 0.1) is 0 Å². The lowest BCUT2D eigenvalue weighted by Crippen LogP contribution is -2.55. The summed E-state index contributed by atoms with van der Waals surface area (Å²) in [6.45, 7) is -0.472. The van der Waals surface area contributed by atoms with E-state index in [1.165, 1.54) is 12.1 Å². The molecule has 0 aromatic heterocycles. The summed E-state index contributed by atoms with van der Waals surface area (Å²) in [5, 5.41) is 47.6. The first kappa shape index (κ1) is 13.3. The number of aromatic hydroxyl groups is 1. The monoisotopic (exact) mass is 256 g/mol. The molecule has 0 amide bonds. The van der Waals surface area contributed by atoms with E-state index < -0.39 is 37.1 Å². The maximum absolute atomic E-state index is 9.87. The van der Waals surface area contributed by atoms with Gasteiger partial charge in [-0.2, -0.15) is 0 Å². The molecule has 18 heavy (non-hydrogen) atoms. The van der Waals surface area contributed by atoms with Gasteiger partial charge in [0.1, 0.15) is 36.3 Å². The van der Waals surface area contributed by atoms with Crippen LogP contribution in [0.25, 0.3) is 0 Å². The fourth-order valence-electron chi connectivity index (χ4n) is 2.08. The maximum atomic E-state index is 9.87. The maximum Gasteiger partial charge on any atom is 0.115 e. The molecule has 5 atom stereocenters. The van der Waals surface area contributed by atoms with Gasteiger partial charge in [0, 0.05) is 0 Å². The molecule has 1 saturated heterocycles. The first-order chi connectivity index (χ1) is 8.54. The van der Waals surface area contributed by atoms with Crippen LogP contribution in [0.5, 0.6) is 5.75 Å². The van der Waals surface area contributed by atoms with E-state index in [9.17, 15) is 20.4 Å². The van der Waals surface area contributed by atoms with E-state index in [-0.39, 0.29) is 5.75 Å². The predicted molar refractivity (Wildman–Crippen MR) is 60.8 cm³/mol. The number of aliphatic hydroxyl groups is 4. The van der Waals surface area contributed by atoms with Gasteiger partial charge in [-0.05, 0) is 17.7 Å².